The fourth-order valence-corrected chi connectivity index (χ4v) is 4.26. The molecule has 0 saturated heterocycles. The monoisotopic (exact) mass is 331 g/mol. The van der Waals surface area contributed by atoms with E-state index in [1.54, 1.807) is 16.4 Å². The Hall–Kier alpha value is -0.580. The Kier molecular flexibility index (Phi) is 7.17. The van der Waals surface area contributed by atoms with Crippen molar-refractivity contribution < 1.29 is 8.42 Å². The van der Waals surface area contributed by atoms with Crippen LogP contribution in [0.25, 0.3) is 0 Å². The van der Waals surface area contributed by atoms with Gasteiger partial charge in [-0.2, -0.15) is 4.31 Å². The molecule has 21 heavy (non-hydrogen) atoms. The Morgan fingerprint density at radius 1 is 1.29 bits per heavy atom. The molecule has 0 aliphatic heterocycles. The second-order valence-corrected chi connectivity index (χ2v) is 7.61. The van der Waals surface area contributed by atoms with E-state index in [0.29, 0.717) is 17.3 Å². The highest BCUT2D eigenvalue weighted by atomic mass is 35.5. The van der Waals surface area contributed by atoms with Crippen molar-refractivity contribution in [1.29, 1.82) is 0 Å². The highest BCUT2D eigenvalue weighted by Gasteiger charge is 2.28. The first-order valence-electron chi connectivity index (χ1n) is 7.55. The van der Waals surface area contributed by atoms with E-state index in [2.05, 4.69) is 6.92 Å². The van der Waals surface area contributed by atoms with Gasteiger partial charge in [0.15, 0.2) is 0 Å². The molecule has 0 heterocycles. The Bertz CT molecular complexity index is 557. The van der Waals surface area contributed by atoms with Gasteiger partial charge in [0, 0.05) is 18.5 Å². The topological polar surface area (TPSA) is 37.4 Å². The van der Waals surface area contributed by atoms with E-state index in [9.17, 15) is 8.42 Å². The van der Waals surface area contributed by atoms with Crippen LogP contribution in [-0.2, 0) is 15.9 Å². The molecule has 1 unspecified atom stereocenters. The summed E-state index contributed by atoms with van der Waals surface area (Å²) in [5.41, 5.74) is 1.89. The lowest BCUT2D eigenvalue weighted by molar-refractivity contribution is 0.324. The molecule has 0 aliphatic carbocycles. The Balaban J connectivity index is 3.21. The Morgan fingerprint density at radius 2 is 1.95 bits per heavy atom. The average molecular weight is 332 g/mol. The zero-order valence-electron chi connectivity index (χ0n) is 13.4. The fraction of sp³-hybridized carbons (Fsp3) is 0.625. The van der Waals surface area contributed by atoms with E-state index in [1.165, 1.54) is 0 Å². The van der Waals surface area contributed by atoms with Gasteiger partial charge in [0.25, 0.3) is 0 Å². The van der Waals surface area contributed by atoms with Crippen molar-refractivity contribution in [2.75, 3.05) is 6.54 Å². The van der Waals surface area contributed by atoms with Crippen molar-refractivity contribution in [2.45, 2.75) is 63.8 Å². The lowest BCUT2D eigenvalue weighted by Gasteiger charge is -2.28. The number of hydrogen-bond acceptors (Lipinski definition) is 2. The number of nitrogens with zero attached hydrogens (tertiary/aromatic N) is 1. The summed E-state index contributed by atoms with van der Waals surface area (Å²) in [4.78, 5) is 0.347. The summed E-state index contributed by atoms with van der Waals surface area (Å²) in [6, 6.07) is 5.22. The molecule has 5 heteroatoms. The highest BCUT2D eigenvalue weighted by Crippen LogP contribution is 2.23. The molecule has 0 spiro atoms. The molecule has 0 amide bonds. The normalized spacial score (nSPS) is 13.6. The molecule has 1 atom stereocenters. The van der Waals surface area contributed by atoms with Gasteiger partial charge >= 0.3 is 0 Å². The van der Waals surface area contributed by atoms with E-state index in [1.807, 2.05) is 26.8 Å². The quantitative estimate of drug-likeness (QED) is 0.665. The SMILES string of the molecule is CCCCN(C(C)CC)S(=O)(=O)c1ccc(C)c(CCl)c1. The van der Waals surface area contributed by atoms with Gasteiger partial charge in [0.1, 0.15) is 0 Å². The van der Waals surface area contributed by atoms with Crippen molar-refractivity contribution in [3.05, 3.63) is 29.3 Å². The number of alkyl halides is 1. The lowest BCUT2D eigenvalue weighted by atomic mass is 10.1. The zero-order chi connectivity index (χ0) is 16.0. The van der Waals surface area contributed by atoms with E-state index in [-0.39, 0.29) is 6.04 Å². The maximum atomic E-state index is 12.9. The van der Waals surface area contributed by atoms with Crippen molar-refractivity contribution in [3.8, 4) is 0 Å². The minimum absolute atomic E-state index is 0.00213. The van der Waals surface area contributed by atoms with Crippen LogP contribution in [0.4, 0.5) is 0 Å². The zero-order valence-corrected chi connectivity index (χ0v) is 15.0. The number of sulfonamides is 1. The molecular weight excluding hydrogens is 306 g/mol. The van der Waals surface area contributed by atoms with Crippen LogP contribution in [-0.4, -0.2) is 25.3 Å². The van der Waals surface area contributed by atoms with Gasteiger partial charge in [0.2, 0.25) is 10.0 Å². The molecule has 3 nitrogen and oxygen atoms in total. The van der Waals surface area contributed by atoms with Crippen molar-refractivity contribution >= 4 is 21.6 Å². The van der Waals surface area contributed by atoms with Crippen LogP contribution < -0.4 is 0 Å². The number of benzene rings is 1. The number of aryl methyl sites for hydroxylation is 1. The standard InChI is InChI=1S/C16H26ClNO2S/c1-5-7-10-18(14(4)6-2)21(19,20)16-9-8-13(3)15(11-16)12-17/h8-9,11,14H,5-7,10,12H2,1-4H3. The minimum atomic E-state index is -3.46. The van der Waals surface area contributed by atoms with Crippen LogP contribution in [0.2, 0.25) is 0 Å². The molecule has 0 N–H and O–H groups in total. The van der Waals surface area contributed by atoms with Gasteiger partial charge in [0.05, 0.1) is 4.90 Å². The summed E-state index contributed by atoms with van der Waals surface area (Å²) in [6.45, 7) is 8.55. The first-order chi connectivity index (χ1) is 9.88. The summed E-state index contributed by atoms with van der Waals surface area (Å²) in [6.07, 6.45) is 2.65. The predicted octanol–water partition coefficient (Wildman–Crippen LogP) is 4.32. The van der Waals surface area contributed by atoms with Gasteiger partial charge in [-0.3, -0.25) is 0 Å². The molecule has 0 radical (unpaired) electrons. The summed E-state index contributed by atoms with van der Waals surface area (Å²) < 4.78 is 27.4. The Morgan fingerprint density at radius 3 is 2.48 bits per heavy atom. The summed E-state index contributed by atoms with van der Waals surface area (Å²) >= 11 is 5.90. The van der Waals surface area contributed by atoms with E-state index < -0.39 is 10.0 Å². The van der Waals surface area contributed by atoms with Gasteiger partial charge in [-0.15, -0.1) is 11.6 Å². The van der Waals surface area contributed by atoms with Crippen molar-refractivity contribution in [2.24, 2.45) is 0 Å². The predicted molar refractivity (Wildman–Crippen MR) is 89.3 cm³/mol. The molecule has 0 fully saturated rings. The molecule has 1 rings (SSSR count). The average Bonchev–Trinajstić information content (AvgIpc) is 2.47. The summed E-state index contributed by atoms with van der Waals surface area (Å²) in [5, 5.41) is 0. The third kappa shape index (κ3) is 4.44. The van der Waals surface area contributed by atoms with Crippen LogP contribution in [0.1, 0.15) is 51.2 Å². The van der Waals surface area contributed by atoms with E-state index in [4.69, 9.17) is 11.6 Å². The maximum absolute atomic E-state index is 12.9. The molecule has 0 aromatic heterocycles. The Labute approximate surface area is 134 Å². The van der Waals surface area contributed by atoms with Crippen LogP contribution in [0.3, 0.4) is 0 Å². The molecule has 0 aliphatic rings. The highest BCUT2D eigenvalue weighted by molar-refractivity contribution is 7.89. The number of halogens is 1. The smallest absolute Gasteiger partial charge is 0.207 e. The molecule has 0 bridgehead atoms. The van der Waals surface area contributed by atoms with Crippen molar-refractivity contribution in [1.82, 2.24) is 4.31 Å². The molecule has 120 valence electrons. The van der Waals surface area contributed by atoms with Crippen LogP contribution in [0.15, 0.2) is 23.1 Å². The molecule has 1 aromatic rings. The first kappa shape index (κ1) is 18.5. The van der Waals surface area contributed by atoms with Gasteiger partial charge in [-0.25, -0.2) is 8.42 Å². The van der Waals surface area contributed by atoms with Crippen LogP contribution in [0.5, 0.6) is 0 Å². The number of rotatable bonds is 8. The second-order valence-electron chi connectivity index (χ2n) is 5.45. The fourth-order valence-electron chi connectivity index (χ4n) is 2.18. The largest absolute Gasteiger partial charge is 0.243 e. The third-order valence-corrected chi connectivity index (χ3v) is 6.18. The number of hydrogen-bond donors (Lipinski definition) is 0. The molecule has 0 saturated carbocycles. The van der Waals surface area contributed by atoms with E-state index in [0.717, 1.165) is 30.4 Å². The maximum Gasteiger partial charge on any atom is 0.243 e. The minimum Gasteiger partial charge on any atom is -0.207 e. The van der Waals surface area contributed by atoms with Gasteiger partial charge < -0.3 is 0 Å². The molecular formula is C16H26ClNO2S. The summed E-state index contributed by atoms with van der Waals surface area (Å²) in [7, 11) is -3.46. The first-order valence-corrected chi connectivity index (χ1v) is 9.53. The number of unbranched alkanes of at least 4 members (excludes halogenated alkanes) is 1. The van der Waals surface area contributed by atoms with Crippen LogP contribution >= 0.6 is 11.6 Å². The summed E-state index contributed by atoms with van der Waals surface area (Å²) in [5.74, 6) is 0.327. The molecule has 1 aromatic carbocycles. The van der Waals surface area contributed by atoms with Crippen molar-refractivity contribution in [3.63, 3.8) is 0 Å². The second kappa shape index (κ2) is 8.16. The third-order valence-electron chi connectivity index (χ3n) is 3.89. The lowest BCUT2D eigenvalue weighted by Crippen LogP contribution is -2.39. The van der Waals surface area contributed by atoms with Gasteiger partial charge in [-0.1, -0.05) is 26.3 Å². The van der Waals surface area contributed by atoms with E-state index >= 15 is 0 Å². The van der Waals surface area contributed by atoms with Gasteiger partial charge in [-0.05, 0) is 49.9 Å². The van der Waals surface area contributed by atoms with Crippen LogP contribution in [0, 0.1) is 6.92 Å².